The van der Waals surface area contributed by atoms with Crippen LogP contribution in [0.3, 0.4) is 0 Å². The first kappa shape index (κ1) is 15.3. The molecule has 0 unspecified atom stereocenters. The zero-order chi connectivity index (χ0) is 16.3. The van der Waals surface area contributed by atoms with Crippen LogP contribution in [0.15, 0.2) is 29.4 Å². The van der Waals surface area contributed by atoms with E-state index in [4.69, 9.17) is 4.42 Å². The van der Waals surface area contributed by atoms with Crippen LogP contribution in [0, 0.1) is 24.0 Å². The first-order chi connectivity index (χ1) is 10.4. The summed E-state index contributed by atoms with van der Waals surface area (Å²) in [6.45, 7) is 6.62. The number of hydrogen-bond acceptors (Lipinski definition) is 6. The number of carbonyl (C=O) groups is 1. The molecule has 0 saturated heterocycles. The average Bonchev–Trinajstić information content (AvgIpc) is 3.05. The van der Waals surface area contributed by atoms with Crippen molar-refractivity contribution in [3.05, 3.63) is 52.2 Å². The fraction of sp³-hybridized carbons (Fsp3) is 0.231. The van der Waals surface area contributed by atoms with Crippen LogP contribution in [0.2, 0.25) is 0 Å². The van der Waals surface area contributed by atoms with E-state index in [9.17, 15) is 14.9 Å². The Morgan fingerprint density at radius 3 is 2.77 bits per heavy atom. The van der Waals surface area contributed by atoms with Crippen molar-refractivity contribution in [2.45, 2.75) is 20.4 Å². The van der Waals surface area contributed by atoms with Crippen molar-refractivity contribution in [3.8, 4) is 0 Å². The number of hydrogen-bond donors (Lipinski definition) is 2. The largest absolute Gasteiger partial charge is 0.463 e. The van der Waals surface area contributed by atoms with Crippen LogP contribution in [0.5, 0.6) is 0 Å². The summed E-state index contributed by atoms with van der Waals surface area (Å²) in [7, 11) is 0. The van der Waals surface area contributed by atoms with E-state index in [0.29, 0.717) is 17.2 Å². The van der Waals surface area contributed by atoms with Gasteiger partial charge in [0.2, 0.25) is 0 Å². The molecule has 9 heteroatoms. The lowest BCUT2D eigenvalue weighted by molar-refractivity contribution is -0.386. The van der Waals surface area contributed by atoms with Crippen molar-refractivity contribution < 1.29 is 14.1 Å². The third-order valence-corrected chi connectivity index (χ3v) is 2.99. The molecule has 0 aliphatic rings. The maximum atomic E-state index is 11.9. The van der Waals surface area contributed by atoms with Gasteiger partial charge >= 0.3 is 5.69 Å². The Bertz CT molecular complexity index is 717. The highest BCUT2D eigenvalue weighted by atomic mass is 16.6. The lowest BCUT2D eigenvalue weighted by Crippen LogP contribution is -2.38. The number of nitrogens with zero attached hydrogens (tertiary/aromatic N) is 3. The van der Waals surface area contributed by atoms with E-state index in [1.165, 1.54) is 17.9 Å². The van der Waals surface area contributed by atoms with Gasteiger partial charge in [0, 0.05) is 0 Å². The van der Waals surface area contributed by atoms with Crippen molar-refractivity contribution in [2.24, 2.45) is 0 Å². The molecule has 22 heavy (non-hydrogen) atoms. The molecule has 0 bridgehead atoms. The van der Waals surface area contributed by atoms with Crippen molar-refractivity contribution in [3.63, 3.8) is 0 Å². The second kappa shape index (κ2) is 6.12. The molecule has 1 amide bonds. The van der Waals surface area contributed by atoms with Crippen LogP contribution < -0.4 is 10.9 Å². The molecule has 2 heterocycles. The Morgan fingerprint density at radius 1 is 1.50 bits per heavy atom. The van der Waals surface area contributed by atoms with Gasteiger partial charge < -0.3 is 4.42 Å². The maximum Gasteiger partial charge on any atom is 0.312 e. The zero-order valence-corrected chi connectivity index (χ0v) is 12.1. The molecular weight excluding hydrogens is 290 g/mol. The highest BCUT2D eigenvalue weighted by molar-refractivity contribution is 5.76. The van der Waals surface area contributed by atoms with Crippen LogP contribution in [0.25, 0.3) is 5.70 Å². The Kier molecular flexibility index (Phi) is 4.25. The van der Waals surface area contributed by atoms with E-state index < -0.39 is 10.8 Å². The molecular formula is C13H15N5O4. The number of nitro groups is 1. The van der Waals surface area contributed by atoms with Gasteiger partial charge in [-0.3, -0.25) is 30.4 Å². The van der Waals surface area contributed by atoms with Crippen LogP contribution in [-0.4, -0.2) is 20.6 Å². The Labute approximate surface area is 125 Å². The molecule has 2 N–H and O–H groups in total. The van der Waals surface area contributed by atoms with Gasteiger partial charge in [0.25, 0.3) is 5.91 Å². The molecule has 0 radical (unpaired) electrons. The monoisotopic (exact) mass is 305 g/mol. The first-order valence-electron chi connectivity index (χ1n) is 6.36. The summed E-state index contributed by atoms with van der Waals surface area (Å²) in [6.07, 6.45) is 1.49. The van der Waals surface area contributed by atoms with Crippen molar-refractivity contribution in [1.29, 1.82) is 0 Å². The number of amides is 1. The van der Waals surface area contributed by atoms with E-state index in [1.807, 2.05) is 0 Å². The van der Waals surface area contributed by atoms with E-state index in [1.54, 1.807) is 19.1 Å². The highest BCUT2D eigenvalue weighted by Crippen LogP contribution is 2.21. The van der Waals surface area contributed by atoms with Crippen molar-refractivity contribution in [2.75, 3.05) is 0 Å². The molecule has 2 aromatic heterocycles. The molecule has 9 nitrogen and oxygen atoms in total. The van der Waals surface area contributed by atoms with Gasteiger partial charge in [-0.1, -0.05) is 6.58 Å². The summed E-state index contributed by atoms with van der Waals surface area (Å²) in [4.78, 5) is 22.2. The fourth-order valence-electron chi connectivity index (χ4n) is 1.94. The van der Waals surface area contributed by atoms with Gasteiger partial charge in [-0.05, 0) is 26.0 Å². The van der Waals surface area contributed by atoms with E-state index >= 15 is 0 Å². The molecule has 2 rings (SSSR count). The molecule has 0 saturated carbocycles. The molecule has 0 aromatic carbocycles. The summed E-state index contributed by atoms with van der Waals surface area (Å²) in [6, 6.07) is 3.38. The highest BCUT2D eigenvalue weighted by Gasteiger charge is 2.22. The van der Waals surface area contributed by atoms with E-state index in [0.717, 1.165) is 0 Å². The smallest absolute Gasteiger partial charge is 0.312 e. The minimum atomic E-state index is -0.511. The lowest BCUT2D eigenvalue weighted by Gasteiger charge is -2.09. The van der Waals surface area contributed by atoms with Gasteiger partial charge in [0.05, 0.1) is 16.9 Å². The SMILES string of the molecule is C=C(NNC(=O)Cn1nc(C)c([N+](=O)[O-])c1C)c1ccco1. The minimum absolute atomic E-state index is 0.0826. The van der Waals surface area contributed by atoms with Gasteiger partial charge in [0.15, 0.2) is 5.76 Å². The number of carbonyl (C=O) groups excluding carboxylic acids is 1. The van der Waals surface area contributed by atoms with E-state index in [2.05, 4.69) is 22.5 Å². The van der Waals surface area contributed by atoms with E-state index in [-0.39, 0.29) is 17.9 Å². The predicted octanol–water partition coefficient (Wildman–Crippen LogP) is 1.29. The summed E-state index contributed by atoms with van der Waals surface area (Å²) >= 11 is 0. The molecule has 0 aliphatic carbocycles. The first-order valence-corrected chi connectivity index (χ1v) is 6.36. The predicted molar refractivity (Wildman–Crippen MR) is 77.4 cm³/mol. The van der Waals surface area contributed by atoms with Gasteiger partial charge in [0.1, 0.15) is 17.9 Å². The summed E-state index contributed by atoms with van der Waals surface area (Å²) in [5, 5.41) is 14.9. The Morgan fingerprint density at radius 2 is 2.23 bits per heavy atom. The number of nitrogens with one attached hydrogen (secondary N) is 2. The number of furan rings is 1. The molecule has 0 spiro atoms. The Hall–Kier alpha value is -3.10. The van der Waals surface area contributed by atoms with Crippen molar-refractivity contribution in [1.82, 2.24) is 20.6 Å². The molecule has 116 valence electrons. The molecule has 2 aromatic rings. The summed E-state index contributed by atoms with van der Waals surface area (Å²) < 4.78 is 6.38. The third kappa shape index (κ3) is 3.14. The average molecular weight is 305 g/mol. The standard InChI is InChI=1S/C13H15N5O4/c1-8(11-5-4-6-22-11)14-15-12(19)7-17-10(3)13(18(20)21)9(2)16-17/h4-6,14H,1,7H2,2-3H3,(H,15,19). The van der Waals surface area contributed by atoms with Crippen LogP contribution in [0.1, 0.15) is 17.1 Å². The van der Waals surface area contributed by atoms with Gasteiger partial charge in [-0.2, -0.15) is 5.10 Å². The van der Waals surface area contributed by atoms with Crippen LogP contribution in [0.4, 0.5) is 5.69 Å². The summed E-state index contributed by atoms with van der Waals surface area (Å²) in [5.74, 6) is 0.0651. The number of aromatic nitrogens is 2. The van der Waals surface area contributed by atoms with Crippen molar-refractivity contribution >= 4 is 17.3 Å². The van der Waals surface area contributed by atoms with Gasteiger partial charge in [-0.15, -0.1) is 0 Å². The normalized spacial score (nSPS) is 10.3. The zero-order valence-electron chi connectivity index (χ0n) is 12.1. The second-order valence-electron chi connectivity index (χ2n) is 4.56. The van der Waals surface area contributed by atoms with Crippen LogP contribution >= 0.6 is 0 Å². The van der Waals surface area contributed by atoms with Gasteiger partial charge in [-0.25, -0.2) is 0 Å². The molecule has 0 atom stereocenters. The lowest BCUT2D eigenvalue weighted by atomic mass is 10.3. The number of rotatable bonds is 6. The minimum Gasteiger partial charge on any atom is -0.463 e. The third-order valence-electron chi connectivity index (χ3n) is 2.99. The quantitative estimate of drug-likeness (QED) is 0.614. The Balaban J connectivity index is 1.97. The molecule has 0 aliphatic heterocycles. The maximum absolute atomic E-state index is 11.9. The molecule has 0 fully saturated rings. The summed E-state index contributed by atoms with van der Waals surface area (Å²) in [5.41, 5.74) is 5.92. The topological polar surface area (TPSA) is 115 Å². The van der Waals surface area contributed by atoms with Crippen LogP contribution in [-0.2, 0) is 11.3 Å². The number of hydrazine groups is 1. The number of aryl methyl sites for hydroxylation is 1. The second-order valence-corrected chi connectivity index (χ2v) is 4.56. The fourth-order valence-corrected chi connectivity index (χ4v) is 1.94.